The summed E-state index contributed by atoms with van der Waals surface area (Å²) in [4.78, 5) is 52.6. The molecule has 1 aromatic carbocycles. The Morgan fingerprint density at radius 3 is 2.49 bits per heavy atom. The summed E-state index contributed by atoms with van der Waals surface area (Å²) < 4.78 is 19.2. The second-order valence-electron chi connectivity index (χ2n) is 10.6. The van der Waals surface area contributed by atoms with E-state index in [1.165, 1.54) is 12.1 Å². The van der Waals surface area contributed by atoms with Crippen LogP contribution < -0.4 is 5.32 Å². The van der Waals surface area contributed by atoms with Crippen LogP contribution in [0.4, 0.5) is 10.1 Å². The molecule has 3 aliphatic heterocycles. The summed E-state index contributed by atoms with van der Waals surface area (Å²) in [6, 6.07) is 4.19. The summed E-state index contributed by atoms with van der Waals surface area (Å²) in [5.41, 5.74) is 4.28. The van der Waals surface area contributed by atoms with Crippen LogP contribution in [0.25, 0.3) is 11.6 Å². The fourth-order valence-corrected chi connectivity index (χ4v) is 5.28. The highest BCUT2D eigenvalue weighted by atomic mass is 19.1. The number of carbonyl (C=O) groups is 4. The molecule has 14 heteroatoms. The van der Waals surface area contributed by atoms with Gasteiger partial charge in [0, 0.05) is 55.4 Å². The number of carboxylic acid groups (broad SMARTS) is 2. The van der Waals surface area contributed by atoms with Crippen LogP contribution in [0.1, 0.15) is 45.7 Å². The van der Waals surface area contributed by atoms with Crippen molar-refractivity contribution in [2.24, 2.45) is 0 Å². The molecule has 0 aliphatic carbocycles. The Morgan fingerprint density at radius 2 is 1.84 bits per heavy atom. The number of morpholine rings is 1. The number of aliphatic hydroxyl groups excluding tert-OH is 2. The van der Waals surface area contributed by atoms with Crippen molar-refractivity contribution < 1.29 is 48.7 Å². The van der Waals surface area contributed by atoms with Crippen molar-refractivity contribution in [1.82, 2.24) is 14.8 Å². The van der Waals surface area contributed by atoms with E-state index < -0.39 is 36.4 Å². The van der Waals surface area contributed by atoms with Gasteiger partial charge in [-0.2, -0.15) is 0 Å². The van der Waals surface area contributed by atoms with E-state index in [9.17, 15) is 28.7 Å². The maximum absolute atomic E-state index is 13.8. The number of ether oxygens (including phenoxy) is 1. The van der Waals surface area contributed by atoms with Crippen LogP contribution in [-0.4, -0.2) is 117 Å². The van der Waals surface area contributed by atoms with Crippen molar-refractivity contribution in [1.29, 1.82) is 0 Å². The quantitative estimate of drug-likeness (QED) is 0.237. The minimum Gasteiger partial charge on any atom is -0.481 e. The molecule has 4 heterocycles. The normalized spacial score (nSPS) is 19.1. The lowest BCUT2D eigenvalue weighted by molar-refractivity contribution is -0.152. The predicted octanol–water partition coefficient (Wildman–Crippen LogP) is 0.943. The van der Waals surface area contributed by atoms with E-state index >= 15 is 0 Å². The van der Waals surface area contributed by atoms with Gasteiger partial charge >= 0.3 is 11.9 Å². The monoisotopic (exact) mass is 602 g/mol. The number of amides is 2. The Balaban J connectivity index is 0.000000410. The van der Waals surface area contributed by atoms with E-state index in [0.717, 1.165) is 30.8 Å². The molecule has 0 radical (unpaired) electrons. The summed E-state index contributed by atoms with van der Waals surface area (Å²) in [5, 5.41) is 37.5. The van der Waals surface area contributed by atoms with Crippen LogP contribution >= 0.6 is 0 Å². The first-order valence-electron chi connectivity index (χ1n) is 13.9. The molecule has 5 rings (SSSR count). The van der Waals surface area contributed by atoms with Crippen molar-refractivity contribution in [2.75, 3.05) is 51.3 Å². The molecule has 1 saturated heterocycles. The van der Waals surface area contributed by atoms with Crippen LogP contribution in [0.2, 0.25) is 0 Å². The molecule has 0 spiro atoms. The number of nitrogens with one attached hydrogen (secondary N) is 2. The number of hydrogen-bond acceptors (Lipinski definition) is 8. The van der Waals surface area contributed by atoms with Gasteiger partial charge in [0.25, 0.3) is 11.8 Å². The number of aryl methyl sites for hydroxylation is 1. The first kappa shape index (κ1) is 31.8. The summed E-state index contributed by atoms with van der Waals surface area (Å²) >= 11 is 0. The number of benzene rings is 1. The van der Waals surface area contributed by atoms with E-state index in [2.05, 4.69) is 15.2 Å². The van der Waals surface area contributed by atoms with Gasteiger partial charge < -0.3 is 40.4 Å². The maximum Gasteiger partial charge on any atom is 0.333 e. The molecule has 0 unspecified atom stereocenters. The first-order chi connectivity index (χ1) is 20.4. The van der Waals surface area contributed by atoms with Crippen LogP contribution in [-0.2, 0) is 25.5 Å². The van der Waals surface area contributed by atoms with Crippen LogP contribution in [0, 0.1) is 12.7 Å². The molecule has 3 aliphatic rings. The molecule has 0 bridgehead atoms. The summed E-state index contributed by atoms with van der Waals surface area (Å²) in [5.74, 6) is -3.68. The fraction of sp³-hybridized carbons (Fsp3) is 0.448. The molecule has 13 nitrogen and oxygen atoms in total. The summed E-state index contributed by atoms with van der Waals surface area (Å²) in [7, 11) is 0. The lowest BCUT2D eigenvalue weighted by Gasteiger charge is -2.31. The number of aliphatic carboxylic acids is 2. The van der Waals surface area contributed by atoms with Gasteiger partial charge in [0.05, 0.1) is 36.9 Å². The number of rotatable bonds is 8. The van der Waals surface area contributed by atoms with Gasteiger partial charge in [0.15, 0.2) is 6.10 Å². The van der Waals surface area contributed by atoms with Gasteiger partial charge in [-0.25, -0.2) is 9.18 Å². The topological polar surface area (TPSA) is 193 Å². The third kappa shape index (κ3) is 7.84. The highest BCUT2D eigenvalue weighted by Crippen LogP contribution is 2.35. The standard InChI is InChI=1S/C25H29FN4O4.C4H6O5/c1-15-22(12-19-18-11-16(26)4-5-20(18)28-24(19)32)27-21-3-2-6-30(25(33)23(15)21)14-17(31)13-29-7-9-34-10-8-29;5-2(4(8)9)1-3(6)7/h4-5,11-12,17,27,31H,2-3,6-10,13-14H2,1H3,(H,28,32);2,5H,1H2,(H,6,7)(H,8,9)/b19-12-;/t17-;2-/m10/s1. The Hall–Kier alpha value is -4.11. The van der Waals surface area contributed by atoms with Crippen molar-refractivity contribution >= 4 is 41.1 Å². The molecule has 2 atom stereocenters. The number of β-amino-alcohol motifs (C(OH)–C–C–N with tert-alkyl or cyclic N) is 1. The van der Waals surface area contributed by atoms with Crippen LogP contribution in [0.3, 0.4) is 0 Å². The first-order valence-corrected chi connectivity index (χ1v) is 13.9. The molecule has 1 aromatic heterocycles. The SMILES string of the molecule is Cc1c(/C=C2\C(=O)Nc3ccc(F)cc32)[nH]c2c1C(=O)N(C[C@H](O)CN1CCOCC1)CCC2.O=C(O)C[C@H](O)C(=O)O. The highest BCUT2D eigenvalue weighted by molar-refractivity contribution is 6.34. The molecule has 2 amide bonds. The van der Waals surface area contributed by atoms with E-state index in [1.807, 2.05) is 6.92 Å². The van der Waals surface area contributed by atoms with Crippen molar-refractivity contribution in [3.8, 4) is 0 Å². The van der Waals surface area contributed by atoms with Crippen molar-refractivity contribution in [2.45, 2.75) is 38.4 Å². The minimum absolute atomic E-state index is 0.116. The zero-order chi connectivity index (χ0) is 31.3. The number of fused-ring (bicyclic) bond motifs is 2. The van der Waals surface area contributed by atoms with Gasteiger partial charge in [-0.05, 0) is 49.6 Å². The Morgan fingerprint density at radius 1 is 1.12 bits per heavy atom. The number of halogens is 1. The number of carbonyl (C=O) groups excluding carboxylic acids is 2. The molecule has 232 valence electrons. The number of aromatic amines is 1. The van der Waals surface area contributed by atoms with Crippen molar-refractivity contribution in [3.05, 3.63) is 52.1 Å². The second-order valence-corrected chi connectivity index (χ2v) is 10.6. The zero-order valence-corrected chi connectivity index (χ0v) is 23.6. The van der Waals surface area contributed by atoms with Crippen molar-refractivity contribution in [3.63, 3.8) is 0 Å². The minimum atomic E-state index is -1.79. The third-order valence-electron chi connectivity index (χ3n) is 7.43. The average molecular weight is 603 g/mol. The van der Waals surface area contributed by atoms with E-state index in [1.54, 1.807) is 17.0 Å². The van der Waals surface area contributed by atoms with Gasteiger partial charge in [0.1, 0.15) is 5.82 Å². The highest BCUT2D eigenvalue weighted by Gasteiger charge is 2.30. The van der Waals surface area contributed by atoms with Gasteiger partial charge in [0.2, 0.25) is 0 Å². The molecule has 1 fully saturated rings. The number of aliphatic hydroxyl groups is 2. The molecular weight excluding hydrogens is 567 g/mol. The largest absolute Gasteiger partial charge is 0.481 e. The fourth-order valence-electron chi connectivity index (χ4n) is 5.28. The van der Waals surface area contributed by atoms with E-state index in [4.69, 9.17) is 20.1 Å². The Kier molecular flexibility index (Phi) is 10.3. The zero-order valence-electron chi connectivity index (χ0n) is 23.6. The molecule has 6 N–H and O–H groups in total. The van der Waals surface area contributed by atoms with Gasteiger partial charge in [-0.3, -0.25) is 19.3 Å². The van der Waals surface area contributed by atoms with Crippen LogP contribution in [0.15, 0.2) is 18.2 Å². The smallest absolute Gasteiger partial charge is 0.333 e. The second kappa shape index (κ2) is 13.9. The summed E-state index contributed by atoms with van der Waals surface area (Å²) in [6.45, 7) is 6.10. The van der Waals surface area contributed by atoms with E-state index in [-0.39, 0.29) is 18.4 Å². The lowest BCUT2D eigenvalue weighted by Crippen LogP contribution is -2.46. The molecular formula is C29H35FN4O9. The molecule has 43 heavy (non-hydrogen) atoms. The number of aromatic nitrogens is 1. The van der Waals surface area contributed by atoms with Crippen LogP contribution in [0.5, 0.6) is 0 Å². The van der Waals surface area contributed by atoms with Gasteiger partial charge in [-0.1, -0.05) is 0 Å². The third-order valence-corrected chi connectivity index (χ3v) is 7.43. The number of nitrogens with zero attached hydrogens (tertiary/aromatic N) is 2. The number of anilines is 1. The Bertz CT molecular complexity index is 1420. The maximum atomic E-state index is 13.8. The molecule has 0 saturated carbocycles. The van der Waals surface area contributed by atoms with E-state index in [0.29, 0.717) is 60.8 Å². The number of H-pyrrole nitrogens is 1. The number of carboxylic acids is 2. The number of hydrogen-bond donors (Lipinski definition) is 6. The molecule has 2 aromatic rings. The Labute approximate surface area is 246 Å². The predicted molar refractivity (Wildman–Crippen MR) is 152 cm³/mol. The lowest BCUT2D eigenvalue weighted by atomic mass is 10.0. The van der Waals surface area contributed by atoms with Gasteiger partial charge in [-0.15, -0.1) is 0 Å². The average Bonchev–Trinajstić information content (AvgIpc) is 3.37. The summed E-state index contributed by atoms with van der Waals surface area (Å²) in [6.07, 6.45) is -0.0304.